The van der Waals surface area contributed by atoms with E-state index in [1.807, 2.05) is 0 Å². The van der Waals surface area contributed by atoms with Crippen molar-refractivity contribution in [1.29, 1.82) is 0 Å². The van der Waals surface area contributed by atoms with Gasteiger partial charge >= 0.3 is 12.1 Å². The maximum absolute atomic E-state index is 11.6. The van der Waals surface area contributed by atoms with Crippen molar-refractivity contribution in [2.24, 2.45) is 11.8 Å². The lowest BCUT2D eigenvalue weighted by Crippen LogP contribution is -2.44. The van der Waals surface area contributed by atoms with Crippen molar-refractivity contribution in [3.8, 4) is 0 Å². The number of carbonyl (C=O) groups excluding carboxylic acids is 1. The van der Waals surface area contributed by atoms with Gasteiger partial charge in [0.1, 0.15) is 12.6 Å². The van der Waals surface area contributed by atoms with Gasteiger partial charge < -0.3 is 9.84 Å². The Bertz CT molecular complexity index is 328. The fourth-order valence-corrected chi connectivity index (χ4v) is 2.55. The molecule has 0 radical (unpaired) electrons. The Hall–Kier alpha value is -1.52. The molecule has 2 fully saturated rings. The summed E-state index contributed by atoms with van der Waals surface area (Å²) >= 11 is 0. The molecule has 1 saturated heterocycles. The third-order valence-corrected chi connectivity index (χ3v) is 3.46. The average molecular weight is 225 g/mol. The molecule has 1 aliphatic carbocycles. The molecule has 1 saturated carbocycles. The summed E-state index contributed by atoms with van der Waals surface area (Å²) in [7, 11) is 0. The summed E-state index contributed by atoms with van der Waals surface area (Å²) in [5.74, 6) is -0.464. The van der Waals surface area contributed by atoms with Gasteiger partial charge in [-0.15, -0.1) is 0 Å². The van der Waals surface area contributed by atoms with Crippen LogP contribution in [-0.4, -0.2) is 41.3 Å². The van der Waals surface area contributed by atoms with Crippen LogP contribution in [0.3, 0.4) is 0 Å². The molecule has 2 aliphatic rings. The molecule has 0 spiro atoms. The second kappa shape index (κ2) is 4.15. The Morgan fingerprint density at radius 1 is 1.50 bits per heavy atom. The highest BCUT2D eigenvalue weighted by Gasteiger charge is 2.52. The Balaban J connectivity index is 2.04. The van der Waals surface area contributed by atoms with Gasteiger partial charge in [-0.3, -0.25) is 4.90 Å². The molecule has 0 aromatic carbocycles. The number of aliphatic carboxylic acids is 1. The van der Waals surface area contributed by atoms with Crippen LogP contribution >= 0.6 is 0 Å². The minimum absolute atomic E-state index is 0.119. The van der Waals surface area contributed by atoms with E-state index in [2.05, 4.69) is 6.58 Å². The molecule has 0 bridgehead atoms. The number of hydrogen-bond donors (Lipinski definition) is 1. The normalized spacial score (nSPS) is 31.5. The number of ether oxygens (including phenoxy) is 1. The smallest absolute Gasteiger partial charge is 0.410 e. The van der Waals surface area contributed by atoms with Crippen molar-refractivity contribution in [2.45, 2.75) is 18.9 Å². The van der Waals surface area contributed by atoms with Gasteiger partial charge in [-0.05, 0) is 24.7 Å². The van der Waals surface area contributed by atoms with Crippen LogP contribution in [0.2, 0.25) is 0 Å². The fraction of sp³-hybridized carbons (Fsp3) is 0.636. The lowest BCUT2D eigenvalue weighted by Gasteiger charge is -2.30. The summed E-state index contributed by atoms with van der Waals surface area (Å²) in [6, 6.07) is -0.698. The molecule has 5 nitrogen and oxygen atoms in total. The summed E-state index contributed by atoms with van der Waals surface area (Å²) in [5.41, 5.74) is 0. The number of rotatable bonds is 3. The SMILES string of the molecule is C=CCOC(=O)N1C[C@H]2CC[C@H]2[C@H]1C(=O)O. The largest absolute Gasteiger partial charge is 0.480 e. The molecule has 3 atom stereocenters. The van der Waals surface area contributed by atoms with Gasteiger partial charge in [-0.25, -0.2) is 9.59 Å². The van der Waals surface area contributed by atoms with Crippen molar-refractivity contribution in [2.75, 3.05) is 13.2 Å². The zero-order valence-corrected chi connectivity index (χ0v) is 8.96. The maximum Gasteiger partial charge on any atom is 0.410 e. The van der Waals surface area contributed by atoms with Crippen molar-refractivity contribution >= 4 is 12.1 Å². The molecule has 16 heavy (non-hydrogen) atoms. The predicted molar refractivity (Wildman–Crippen MR) is 55.9 cm³/mol. The van der Waals surface area contributed by atoms with E-state index >= 15 is 0 Å². The van der Waals surface area contributed by atoms with Crippen molar-refractivity contribution in [3.05, 3.63) is 12.7 Å². The molecule has 0 aromatic rings. The maximum atomic E-state index is 11.6. The monoisotopic (exact) mass is 225 g/mol. The lowest BCUT2D eigenvalue weighted by atomic mass is 9.73. The quantitative estimate of drug-likeness (QED) is 0.730. The Morgan fingerprint density at radius 2 is 2.25 bits per heavy atom. The van der Waals surface area contributed by atoms with Gasteiger partial charge in [0, 0.05) is 6.54 Å². The van der Waals surface area contributed by atoms with Crippen LogP contribution < -0.4 is 0 Å². The molecule has 1 heterocycles. The molecular weight excluding hydrogens is 210 g/mol. The summed E-state index contributed by atoms with van der Waals surface area (Å²) in [4.78, 5) is 24.1. The van der Waals surface area contributed by atoms with Gasteiger partial charge in [-0.1, -0.05) is 12.7 Å². The molecular formula is C11H15NO4. The predicted octanol–water partition coefficient (Wildman–Crippen LogP) is 1.10. The minimum Gasteiger partial charge on any atom is -0.480 e. The number of likely N-dealkylation sites (tertiary alicyclic amines) is 1. The number of carboxylic acids is 1. The van der Waals surface area contributed by atoms with Crippen molar-refractivity contribution in [3.63, 3.8) is 0 Å². The van der Waals surface area contributed by atoms with E-state index in [4.69, 9.17) is 9.84 Å². The zero-order chi connectivity index (χ0) is 11.7. The van der Waals surface area contributed by atoms with Gasteiger partial charge in [-0.2, -0.15) is 0 Å². The highest BCUT2D eigenvalue weighted by molar-refractivity contribution is 5.81. The summed E-state index contributed by atoms with van der Waals surface area (Å²) < 4.78 is 4.89. The van der Waals surface area contributed by atoms with Gasteiger partial charge in [0.05, 0.1) is 0 Å². The number of fused-ring (bicyclic) bond motifs is 1. The lowest BCUT2D eigenvalue weighted by molar-refractivity contribution is -0.143. The number of nitrogens with zero attached hydrogens (tertiary/aromatic N) is 1. The van der Waals surface area contributed by atoms with Crippen LogP contribution in [0.4, 0.5) is 4.79 Å². The minimum atomic E-state index is -0.928. The third kappa shape index (κ3) is 1.66. The van der Waals surface area contributed by atoms with Crippen LogP contribution in [0.15, 0.2) is 12.7 Å². The van der Waals surface area contributed by atoms with Gasteiger partial charge in [0.25, 0.3) is 0 Å². The van der Waals surface area contributed by atoms with E-state index in [-0.39, 0.29) is 12.5 Å². The zero-order valence-electron chi connectivity index (χ0n) is 8.96. The van der Waals surface area contributed by atoms with Crippen LogP contribution in [0.5, 0.6) is 0 Å². The molecule has 88 valence electrons. The first-order valence-corrected chi connectivity index (χ1v) is 5.42. The molecule has 2 rings (SSSR count). The van der Waals surface area contributed by atoms with Gasteiger partial charge in [0.15, 0.2) is 0 Å². The molecule has 1 aliphatic heterocycles. The summed E-state index contributed by atoms with van der Waals surface area (Å²) in [6.45, 7) is 4.08. The van der Waals surface area contributed by atoms with Crippen molar-refractivity contribution in [1.82, 2.24) is 4.90 Å². The summed E-state index contributed by atoms with van der Waals surface area (Å²) in [6.07, 6.45) is 2.84. The molecule has 0 unspecified atom stereocenters. The first kappa shape index (κ1) is 11.0. The number of amides is 1. The Morgan fingerprint density at radius 3 is 2.75 bits per heavy atom. The van der Waals surface area contributed by atoms with E-state index in [9.17, 15) is 9.59 Å². The van der Waals surface area contributed by atoms with Crippen LogP contribution in [0, 0.1) is 11.8 Å². The van der Waals surface area contributed by atoms with E-state index in [1.54, 1.807) is 0 Å². The topological polar surface area (TPSA) is 66.8 Å². The average Bonchev–Trinajstić information content (AvgIpc) is 2.47. The third-order valence-electron chi connectivity index (χ3n) is 3.46. The first-order chi connectivity index (χ1) is 7.65. The molecule has 5 heteroatoms. The van der Waals surface area contributed by atoms with E-state index < -0.39 is 18.1 Å². The Kier molecular flexibility index (Phi) is 2.85. The Labute approximate surface area is 93.7 Å². The fourth-order valence-electron chi connectivity index (χ4n) is 2.55. The standard InChI is InChI=1S/C11H15NO4/c1-2-5-16-11(15)12-6-7-3-4-8(7)9(12)10(13)14/h2,7-9H,1,3-6H2,(H,13,14)/t7-,8-,9+/m1/s1. The van der Waals surface area contributed by atoms with E-state index in [1.165, 1.54) is 11.0 Å². The number of hydrogen-bond acceptors (Lipinski definition) is 3. The molecule has 1 amide bonds. The molecule has 1 N–H and O–H groups in total. The van der Waals surface area contributed by atoms with E-state index in [0.29, 0.717) is 12.5 Å². The second-order valence-corrected chi connectivity index (χ2v) is 4.30. The molecule has 0 aromatic heterocycles. The van der Waals surface area contributed by atoms with Crippen LogP contribution in [-0.2, 0) is 9.53 Å². The van der Waals surface area contributed by atoms with Crippen LogP contribution in [0.1, 0.15) is 12.8 Å². The summed E-state index contributed by atoms with van der Waals surface area (Å²) in [5, 5.41) is 9.11. The van der Waals surface area contributed by atoms with Crippen LogP contribution in [0.25, 0.3) is 0 Å². The highest BCUT2D eigenvalue weighted by atomic mass is 16.6. The number of carboxylic acid groups (broad SMARTS) is 1. The highest BCUT2D eigenvalue weighted by Crippen LogP contribution is 2.45. The van der Waals surface area contributed by atoms with Gasteiger partial charge in [0.2, 0.25) is 0 Å². The first-order valence-electron chi connectivity index (χ1n) is 5.42. The van der Waals surface area contributed by atoms with E-state index in [0.717, 1.165) is 12.8 Å². The second-order valence-electron chi connectivity index (χ2n) is 4.30. The number of carbonyl (C=O) groups is 2. The van der Waals surface area contributed by atoms with Crippen molar-refractivity contribution < 1.29 is 19.4 Å².